The number of hydrogen-bond donors (Lipinski definition) is 1. The van der Waals surface area contributed by atoms with E-state index in [2.05, 4.69) is 21.7 Å². The van der Waals surface area contributed by atoms with Crippen LogP contribution >= 0.6 is 0 Å². The molecule has 5 heteroatoms. The molecule has 0 bridgehead atoms. The third-order valence-corrected chi connectivity index (χ3v) is 5.15. The van der Waals surface area contributed by atoms with Crippen LogP contribution in [0.3, 0.4) is 0 Å². The van der Waals surface area contributed by atoms with Gasteiger partial charge in [-0.05, 0) is 53.9 Å². The molecule has 0 saturated heterocycles. The summed E-state index contributed by atoms with van der Waals surface area (Å²) < 4.78 is 21.3. The molecule has 4 nitrogen and oxygen atoms in total. The normalized spacial score (nSPS) is 17.3. The molecule has 1 aliphatic rings. The number of ether oxygens (including phenoxy) is 1. The zero-order valence-electron chi connectivity index (χ0n) is 15.3. The minimum Gasteiger partial charge on any atom is -0.504 e. The van der Waals surface area contributed by atoms with Crippen molar-refractivity contribution >= 4 is 0 Å². The van der Waals surface area contributed by atoms with Gasteiger partial charge in [-0.3, -0.25) is 4.90 Å². The molecule has 0 amide bonds. The van der Waals surface area contributed by atoms with Crippen LogP contribution in [0.15, 0.2) is 60.8 Å². The van der Waals surface area contributed by atoms with E-state index in [1.54, 1.807) is 24.3 Å². The van der Waals surface area contributed by atoms with Crippen LogP contribution in [0, 0.1) is 5.82 Å². The Labute approximate surface area is 158 Å². The average Bonchev–Trinajstić information content (AvgIpc) is 3.03. The van der Waals surface area contributed by atoms with E-state index in [9.17, 15) is 9.50 Å². The second-order valence-electron chi connectivity index (χ2n) is 6.91. The number of hydrogen-bond acceptors (Lipinski definition) is 3. The van der Waals surface area contributed by atoms with Gasteiger partial charge in [0.15, 0.2) is 11.5 Å². The molecule has 0 fully saturated rings. The van der Waals surface area contributed by atoms with Gasteiger partial charge in [-0.15, -0.1) is 0 Å². The van der Waals surface area contributed by atoms with Crippen molar-refractivity contribution in [3.8, 4) is 11.5 Å². The van der Waals surface area contributed by atoms with Crippen LogP contribution in [0.4, 0.5) is 4.39 Å². The van der Waals surface area contributed by atoms with Crippen LogP contribution in [0.2, 0.25) is 0 Å². The van der Waals surface area contributed by atoms with E-state index in [0.29, 0.717) is 12.3 Å². The third-order valence-electron chi connectivity index (χ3n) is 5.15. The molecule has 1 aromatic heterocycles. The topological polar surface area (TPSA) is 37.6 Å². The fourth-order valence-electron chi connectivity index (χ4n) is 3.94. The summed E-state index contributed by atoms with van der Waals surface area (Å²) in [6, 6.07) is 16.4. The predicted molar refractivity (Wildman–Crippen MR) is 102 cm³/mol. The summed E-state index contributed by atoms with van der Waals surface area (Å²) in [5.74, 6) is 0.373. The number of phenolic OH excluding ortho intramolecular Hbond substituents is 1. The zero-order valence-corrected chi connectivity index (χ0v) is 15.3. The molecule has 140 valence electrons. The molecule has 0 saturated carbocycles. The molecule has 1 N–H and O–H groups in total. The van der Waals surface area contributed by atoms with Crippen molar-refractivity contribution in [1.29, 1.82) is 0 Å². The smallest absolute Gasteiger partial charge is 0.160 e. The Morgan fingerprint density at radius 3 is 2.78 bits per heavy atom. The molecule has 2 heterocycles. The van der Waals surface area contributed by atoms with E-state index in [-0.39, 0.29) is 17.6 Å². The Kier molecular flexibility index (Phi) is 4.86. The Hall–Kier alpha value is -2.79. The van der Waals surface area contributed by atoms with E-state index >= 15 is 0 Å². The van der Waals surface area contributed by atoms with Gasteiger partial charge in [-0.1, -0.05) is 18.2 Å². The SMILES string of the molecule is COc1ccc(CN2CCCn3cccc3C2c2cccc(F)c2)cc1O. The molecule has 1 aliphatic heterocycles. The number of methoxy groups -OCH3 is 1. The lowest BCUT2D eigenvalue weighted by Crippen LogP contribution is -2.29. The van der Waals surface area contributed by atoms with E-state index in [1.807, 2.05) is 18.2 Å². The summed E-state index contributed by atoms with van der Waals surface area (Å²) in [6.07, 6.45) is 3.10. The fraction of sp³-hybridized carbons (Fsp3) is 0.273. The highest BCUT2D eigenvalue weighted by Gasteiger charge is 2.27. The van der Waals surface area contributed by atoms with E-state index in [4.69, 9.17) is 4.74 Å². The molecule has 4 rings (SSSR count). The van der Waals surface area contributed by atoms with Crippen LogP contribution in [0.1, 0.15) is 29.3 Å². The number of aromatic hydroxyl groups is 1. The largest absolute Gasteiger partial charge is 0.504 e. The Morgan fingerprint density at radius 2 is 2.00 bits per heavy atom. The minimum atomic E-state index is -0.225. The lowest BCUT2D eigenvalue weighted by molar-refractivity contribution is 0.219. The van der Waals surface area contributed by atoms with Crippen LogP contribution in [0.25, 0.3) is 0 Å². The molecule has 27 heavy (non-hydrogen) atoms. The van der Waals surface area contributed by atoms with Gasteiger partial charge in [0.25, 0.3) is 0 Å². The molecule has 0 aliphatic carbocycles. The van der Waals surface area contributed by atoms with Crippen molar-refractivity contribution in [2.75, 3.05) is 13.7 Å². The molecule has 2 aromatic carbocycles. The van der Waals surface area contributed by atoms with Crippen molar-refractivity contribution in [3.63, 3.8) is 0 Å². The number of rotatable bonds is 4. The van der Waals surface area contributed by atoms with Gasteiger partial charge in [0.1, 0.15) is 5.82 Å². The second kappa shape index (κ2) is 7.45. The number of nitrogens with zero attached hydrogens (tertiary/aromatic N) is 2. The number of aromatic nitrogens is 1. The molecule has 1 unspecified atom stereocenters. The summed E-state index contributed by atoms with van der Waals surface area (Å²) >= 11 is 0. The fourth-order valence-corrected chi connectivity index (χ4v) is 3.94. The molecule has 3 aromatic rings. The lowest BCUT2D eigenvalue weighted by Gasteiger charge is -2.30. The van der Waals surface area contributed by atoms with Crippen molar-refractivity contribution in [2.45, 2.75) is 25.6 Å². The molecule has 1 atom stereocenters. The quantitative estimate of drug-likeness (QED) is 0.747. The van der Waals surface area contributed by atoms with E-state index in [1.165, 1.54) is 13.2 Å². The maximum atomic E-state index is 13.9. The Morgan fingerprint density at radius 1 is 1.11 bits per heavy atom. The van der Waals surface area contributed by atoms with Gasteiger partial charge in [-0.25, -0.2) is 4.39 Å². The minimum absolute atomic E-state index is 0.0394. The van der Waals surface area contributed by atoms with E-state index in [0.717, 1.165) is 36.3 Å². The summed E-state index contributed by atoms with van der Waals surface area (Å²) in [7, 11) is 1.54. The van der Waals surface area contributed by atoms with E-state index < -0.39 is 0 Å². The van der Waals surface area contributed by atoms with Crippen molar-refractivity contribution in [1.82, 2.24) is 9.47 Å². The summed E-state index contributed by atoms with van der Waals surface area (Å²) in [4.78, 5) is 2.34. The highest BCUT2D eigenvalue weighted by Crippen LogP contribution is 2.34. The number of fused-ring (bicyclic) bond motifs is 1. The standard InChI is InChI=1S/C22H23FN2O2/c1-27-21-9-8-16(13-20(21)26)15-25-12-4-11-24-10-3-7-19(24)22(25)17-5-2-6-18(23)14-17/h2-3,5-10,13-14,22,26H,4,11-12,15H2,1H3. The second-order valence-corrected chi connectivity index (χ2v) is 6.91. The molecular weight excluding hydrogens is 343 g/mol. The number of phenols is 1. The van der Waals surface area contributed by atoms with Crippen molar-refractivity contribution < 1.29 is 14.2 Å². The lowest BCUT2D eigenvalue weighted by atomic mass is 10.0. The van der Waals surface area contributed by atoms with Crippen LogP contribution in [-0.4, -0.2) is 28.2 Å². The summed E-state index contributed by atoms with van der Waals surface area (Å²) in [5.41, 5.74) is 3.10. The summed E-state index contributed by atoms with van der Waals surface area (Å²) in [5, 5.41) is 10.1. The molecule has 0 radical (unpaired) electrons. The van der Waals surface area contributed by atoms with Crippen LogP contribution in [-0.2, 0) is 13.1 Å². The highest BCUT2D eigenvalue weighted by atomic mass is 19.1. The number of halogens is 1. The number of benzene rings is 2. The average molecular weight is 366 g/mol. The predicted octanol–water partition coefficient (Wildman–Crippen LogP) is 4.34. The Balaban J connectivity index is 1.72. The first kappa shape index (κ1) is 17.6. The van der Waals surface area contributed by atoms with Gasteiger partial charge in [0.2, 0.25) is 0 Å². The maximum absolute atomic E-state index is 13.9. The van der Waals surface area contributed by atoms with Gasteiger partial charge in [0.05, 0.1) is 13.2 Å². The number of aryl methyl sites for hydroxylation is 1. The van der Waals surface area contributed by atoms with Crippen molar-refractivity contribution in [2.24, 2.45) is 0 Å². The van der Waals surface area contributed by atoms with Gasteiger partial charge < -0.3 is 14.4 Å². The summed E-state index contributed by atoms with van der Waals surface area (Å²) in [6.45, 7) is 2.48. The third kappa shape index (κ3) is 3.55. The Bertz CT molecular complexity index is 938. The van der Waals surface area contributed by atoms with Crippen molar-refractivity contribution in [3.05, 3.63) is 83.4 Å². The molecule has 0 spiro atoms. The zero-order chi connectivity index (χ0) is 18.8. The monoisotopic (exact) mass is 366 g/mol. The highest BCUT2D eigenvalue weighted by molar-refractivity contribution is 5.42. The first-order chi connectivity index (χ1) is 13.2. The first-order valence-electron chi connectivity index (χ1n) is 9.16. The molecular formula is C22H23FN2O2. The maximum Gasteiger partial charge on any atom is 0.160 e. The van der Waals surface area contributed by atoms with Gasteiger partial charge in [0, 0.05) is 31.5 Å². The van der Waals surface area contributed by atoms with Crippen LogP contribution in [0.5, 0.6) is 11.5 Å². The van der Waals surface area contributed by atoms with Gasteiger partial charge >= 0.3 is 0 Å². The van der Waals surface area contributed by atoms with Crippen LogP contribution < -0.4 is 4.74 Å². The van der Waals surface area contributed by atoms with Gasteiger partial charge in [-0.2, -0.15) is 0 Å². The first-order valence-corrected chi connectivity index (χ1v) is 9.16.